The molecule has 10 heteroatoms. The molecule has 0 unspecified atom stereocenters. The van der Waals surface area contributed by atoms with E-state index in [1.54, 1.807) is 11.4 Å². The molecular weight excluding hydrogens is 406 g/mol. The van der Waals surface area contributed by atoms with Crippen LogP contribution in [0.15, 0.2) is 15.5 Å². The number of nitrogens with zero attached hydrogens (tertiary/aromatic N) is 4. The Kier molecular flexibility index (Phi) is 6.59. The topological polar surface area (TPSA) is 109 Å². The lowest BCUT2D eigenvalue weighted by molar-refractivity contribution is -0.120. The maximum absolute atomic E-state index is 13.4. The Morgan fingerprint density at radius 2 is 1.70 bits per heavy atom. The van der Waals surface area contributed by atoms with E-state index in [2.05, 4.69) is 20.4 Å². The van der Waals surface area contributed by atoms with Crippen LogP contribution in [0.25, 0.3) is 0 Å². The summed E-state index contributed by atoms with van der Waals surface area (Å²) in [6, 6.07) is 2.03. The Morgan fingerprint density at radius 1 is 1.10 bits per heavy atom. The summed E-state index contributed by atoms with van der Waals surface area (Å²) >= 11 is 0. The number of carbonyl (C=O) groups is 1. The zero-order valence-electron chi connectivity index (χ0n) is 18.2. The standard InChI is InChI=1S/C20H29N5O4S/c1-13-10-14(2)16(4)20(15(13)3)30(27,28)25-8-6-24(7-9-25)12-19-22-17(23-29-19)11-18(26)21-5/h10H,6-9,11-12H2,1-5H3,(H,21,26). The first-order valence-corrected chi connectivity index (χ1v) is 11.4. The van der Waals surface area contributed by atoms with Gasteiger partial charge in [0.1, 0.15) is 0 Å². The lowest BCUT2D eigenvalue weighted by Crippen LogP contribution is -2.48. The summed E-state index contributed by atoms with van der Waals surface area (Å²) in [4.78, 5) is 18.2. The molecule has 0 aliphatic carbocycles. The van der Waals surface area contributed by atoms with Gasteiger partial charge < -0.3 is 9.84 Å². The van der Waals surface area contributed by atoms with Gasteiger partial charge in [-0.15, -0.1) is 0 Å². The highest BCUT2D eigenvalue weighted by Crippen LogP contribution is 2.29. The minimum atomic E-state index is -3.57. The van der Waals surface area contributed by atoms with Gasteiger partial charge in [0.25, 0.3) is 0 Å². The molecular formula is C20H29N5O4S. The van der Waals surface area contributed by atoms with E-state index in [0.717, 1.165) is 22.3 Å². The minimum absolute atomic E-state index is 0.0701. The van der Waals surface area contributed by atoms with Crippen LogP contribution in [0.3, 0.4) is 0 Å². The van der Waals surface area contributed by atoms with Crippen LogP contribution in [-0.2, 0) is 27.8 Å². The number of likely N-dealkylation sites (N-methyl/N-ethyl adjacent to an activating group) is 1. The normalized spacial score (nSPS) is 16.0. The van der Waals surface area contributed by atoms with Gasteiger partial charge >= 0.3 is 0 Å². The predicted molar refractivity (Wildman–Crippen MR) is 111 cm³/mol. The van der Waals surface area contributed by atoms with Gasteiger partial charge in [0.2, 0.25) is 21.8 Å². The van der Waals surface area contributed by atoms with E-state index >= 15 is 0 Å². The molecule has 164 valence electrons. The molecule has 1 aromatic carbocycles. The number of piperazine rings is 1. The summed E-state index contributed by atoms with van der Waals surface area (Å²) in [6.45, 7) is 9.98. The molecule has 1 fully saturated rings. The van der Waals surface area contributed by atoms with Crippen LogP contribution in [0.5, 0.6) is 0 Å². The molecule has 2 heterocycles. The Labute approximate surface area is 177 Å². The number of sulfonamides is 1. The largest absolute Gasteiger partial charge is 0.359 e. The third-order valence-electron chi connectivity index (χ3n) is 5.69. The number of hydrogen-bond acceptors (Lipinski definition) is 7. The van der Waals surface area contributed by atoms with E-state index in [1.807, 2.05) is 33.8 Å². The lowest BCUT2D eigenvalue weighted by atomic mass is 10.0. The van der Waals surface area contributed by atoms with Crippen molar-refractivity contribution in [2.75, 3.05) is 33.2 Å². The summed E-state index contributed by atoms with van der Waals surface area (Å²) in [7, 11) is -2.01. The molecule has 0 bridgehead atoms. The van der Waals surface area contributed by atoms with Crippen molar-refractivity contribution < 1.29 is 17.7 Å². The highest BCUT2D eigenvalue weighted by Gasteiger charge is 2.32. The van der Waals surface area contributed by atoms with Crippen molar-refractivity contribution >= 4 is 15.9 Å². The maximum atomic E-state index is 13.4. The average molecular weight is 436 g/mol. The van der Waals surface area contributed by atoms with Crippen molar-refractivity contribution in [2.45, 2.75) is 45.6 Å². The third kappa shape index (κ3) is 4.55. The van der Waals surface area contributed by atoms with E-state index in [4.69, 9.17) is 4.52 Å². The molecule has 30 heavy (non-hydrogen) atoms. The van der Waals surface area contributed by atoms with Gasteiger partial charge in [-0.3, -0.25) is 9.69 Å². The van der Waals surface area contributed by atoms with E-state index in [0.29, 0.717) is 49.3 Å². The summed E-state index contributed by atoms with van der Waals surface area (Å²) in [5.74, 6) is 0.579. The monoisotopic (exact) mass is 435 g/mol. The zero-order valence-corrected chi connectivity index (χ0v) is 19.0. The van der Waals surface area contributed by atoms with Crippen molar-refractivity contribution in [3.63, 3.8) is 0 Å². The van der Waals surface area contributed by atoms with Crippen LogP contribution in [0.4, 0.5) is 0 Å². The lowest BCUT2D eigenvalue weighted by Gasteiger charge is -2.34. The van der Waals surface area contributed by atoms with Crippen LogP contribution < -0.4 is 5.32 Å². The average Bonchev–Trinajstić information content (AvgIpc) is 3.13. The molecule has 0 spiro atoms. The fourth-order valence-electron chi connectivity index (χ4n) is 3.67. The molecule has 1 amide bonds. The van der Waals surface area contributed by atoms with Gasteiger partial charge in [0.05, 0.1) is 17.9 Å². The van der Waals surface area contributed by atoms with Crippen molar-refractivity contribution in [3.8, 4) is 0 Å². The van der Waals surface area contributed by atoms with Gasteiger partial charge in [0.15, 0.2) is 5.82 Å². The Balaban J connectivity index is 1.67. The number of aryl methyl sites for hydroxylation is 2. The Morgan fingerprint density at radius 3 is 2.27 bits per heavy atom. The predicted octanol–water partition coefficient (Wildman–Crippen LogP) is 1.10. The van der Waals surface area contributed by atoms with Crippen molar-refractivity contribution in [1.82, 2.24) is 24.7 Å². The van der Waals surface area contributed by atoms with Crippen LogP contribution >= 0.6 is 0 Å². The zero-order chi connectivity index (χ0) is 22.1. The van der Waals surface area contributed by atoms with Crippen LogP contribution in [0.1, 0.15) is 34.0 Å². The second-order valence-corrected chi connectivity index (χ2v) is 9.60. The molecule has 2 aromatic rings. The molecule has 0 radical (unpaired) electrons. The van der Waals surface area contributed by atoms with Crippen LogP contribution in [0.2, 0.25) is 0 Å². The van der Waals surface area contributed by atoms with Crippen molar-refractivity contribution in [3.05, 3.63) is 40.0 Å². The number of rotatable bonds is 6. The van der Waals surface area contributed by atoms with E-state index in [9.17, 15) is 13.2 Å². The molecule has 1 saturated heterocycles. The number of benzene rings is 1. The van der Waals surface area contributed by atoms with Gasteiger partial charge in [-0.25, -0.2) is 8.42 Å². The number of amides is 1. The van der Waals surface area contributed by atoms with Crippen molar-refractivity contribution in [1.29, 1.82) is 0 Å². The minimum Gasteiger partial charge on any atom is -0.359 e. The quantitative estimate of drug-likeness (QED) is 0.724. The molecule has 1 aliphatic rings. The fraction of sp³-hybridized carbons (Fsp3) is 0.550. The molecule has 1 aromatic heterocycles. The summed E-state index contributed by atoms with van der Waals surface area (Å²) < 4.78 is 33.5. The first-order chi connectivity index (χ1) is 14.1. The molecule has 3 rings (SSSR count). The Bertz CT molecular complexity index is 1010. The number of aromatic nitrogens is 2. The fourth-order valence-corrected chi connectivity index (χ4v) is 5.67. The maximum Gasteiger partial charge on any atom is 0.243 e. The van der Waals surface area contributed by atoms with Crippen LogP contribution in [-0.4, -0.2) is 66.9 Å². The Hall–Kier alpha value is -2.30. The molecule has 0 saturated carbocycles. The first kappa shape index (κ1) is 22.4. The smallest absolute Gasteiger partial charge is 0.243 e. The summed E-state index contributed by atoms with van der Waals surface area (Å²) in [6.07, 6.45) is 0.0701. The number of hydrogen-bond donors (Lipinski definition) is 1. The molecule has 9 nitrogen and oxygen atoms in total. The summed E-state index contributed by atoms with van der Waals surface area (Å²) in [5, 5.41) is 6.34. The molecule has 1 N–H and O–H groups in total. The number of carbonyl (C=O) groups excluding carboxylic acids is 1. The third-order valence-corrected chi connectivity index (χ3v) is 7.87. The van der Waals surface area contributed by atoms with E-state index in [-0.39, 0.29) is 12.3 Å². The van der Waals surface area contributed by atoms with Gasteiger partial charge in [-0.1, -0.05) is 11.2 Å². The highest BCUT2D eigenvalue weighted by molar-refractivity contribution is 7.89. The van der Waals surface area contributed by atoms with Gasteiger partial charge in [-0.05, 0) is 49.9 Å². The van der Waals surface area contributed by atoms with E-state index in [1.165, 1.54) is 0 Å². The molecule has 0 atom stereocenters. The number of nitrogens with one attached hydrogen (secondary N) is 1. The van der Waals surface area contributed by atoms with Crippen LogP contribution in [0, 0.1) is 27.7 Å². The molecule has 1 aliphatic heterocycles. The second kappa shape index (κ2) is 8.83. The van der Waals surface area contributed by atoms with E-state index < -0.39 is 10.0 Å². The SMILES string of the molecule is CNC(=O)Cc1noc(CN2CCN(S(=O)(=O)c3c(C)c(C)cc(C)c3C)CC2)n1. The first-order valence-electron chi connectivity index (χ1n) is 9.95. The summed E-state index contributed by atoms with van der Waals surface area (Å²) in [5.41, 5.74) is 3.60. The second-order valence-electron chi connectivity index (χ2n) is 7.72. The van der Waals surface area contributed by atoms with Gasteiger partial charge in [0, 0.05) is 33.2 Å². The van der Waals surface area contributed by atoms with Gasteiger partial charge in [-0.2, -0.15) is 9.29 Å². The van der Waals surface area contributed by atoms with Crippen molar-refractivity contribution in [2.24, 2.45) is 0 Å². The highest BCUT2D eigenvalue weighted by atomic mass is 32.2.